The van der Waals surface area contributed by atoms with Crippen LogP contribution in [0, 0.1) is 11.3 Å². The molecule has 4 rings (SSSR count). The molecule has 6 nitrogen and oxygen atoms in total. The Balaban J connectivity index is 1.85. The molecule has 176 valence electrons. The molecule has 0 atom stereocenters. The van der Waals surface area contributed by atoms with Crippen molar-refractivity contribution >= 4 is 27.5 Å². The highest BCUT2D eigenvalue weighted by molar-refractivity contribution is 7.95. The summed E-state index contributed by atoms with van der Waals surface area (Å²) >= 11 is 5.90. The van der Waals surface area contributed by atoms with Crippen LogP contribution in [0.3, 0.4) is 0 Å². The number of hydrogen-bond donors (Lipinski definition) is 0. The van der Waals surface area contributed by atoms with Crippen LogP contribution < -0.4 is 4.74 Å². The molecule has 0 saturated heterocycles. The highest BCUT2D eigenvalue weighted by Crippen LogP contribution is 2.30. The quantitative estimate of drug-likeness (QED) is 0.263. The zero-order valence-corrected chi connectivity index (χ0v) is 20.5. The molecule has 0 unspecified atom stereocenters. The summed E-state index contributed by atoms with van der Waals surface area (Å²) in [6.07, 6.45) is 3.93. The van der Waals surface area contributed by atoms with E-state index in [1.54, 1.807) is 10.9 Å². The van der Waals surface area contributed by atoms with Crippen LogP contribution in [0.15, 0.2) is 94.9 Å². The number of hydrogen-bond acceptors (Lipinski definition) is 5. The van der Waals surface area contributed by atoms with E-state index < -0.39 is 14.7 Å². The Labute approximate surface area is 209 Å². The minimum absolute atomic E-state index is 0.0123. The summed E-state index contributed by atoms with van der Waals surface area (Å²) < 4.78 is 33.8. The number of ether oxygens (including phenoxy) is 1. The third-order valence-corrected chi connectivity index (χ3v) is 7.09. The van der Waals surface area contributed by atoms with Crippen LogP contribution in [-0.4, -0.2) is 24.8 Å². The van der Waals surface area contributed by atoms with Crippen molar-refractivity contribution in [1.82, 2.24) is 9.78 Å². The molecule has 0 saturated carbocycles. The second-order valence-electron chi connectivity index (χ2n) is 7.67. The van der Waals surface area contributed by atoms with Crippen molar-refractivity contribution in [3.63, 3.8) is 0 Å². The van der Waals surface area contributed by atoms with E-state index >= 15 is 0 Å². The summed E-state index contributed by atoms with van der Waals surface area (Å²) in [5.41, 5.74) is 2.54. The van der Waals surface area contributed by atoms with Crippen molar-refractivity contribution in [1.29, 1.82) is 5.26 Å². The van der Waals surface area contributed by atoms with Gasteiger partial charge in [0.1, 0.15) is 22.4 Å². The molecule has 0 N–H and O–H groups in total. The third kappa shape index (κ3) is 5.46. The molecule has 0 amide bonds. The highest BCUT2D eigenvalue weighted by Gasteiger charge is 2.22. The lowest BCUT2D eigenvalue weighted by atomic mass is 10.1. The van der Waals surface area contributed by atoms with Crippen molar-refractivity contribution in [2.45, 2.75) is 18.2 Å². The molecular weight excluding hydrogens is 482 g/mol. The Hall–Kier alpha value is -3.86. The lowest BCUT2D eigenvalue weighted by Gasteiger charge is -2.07. The molecule has 0 aliphatic carbocycles. The van der Waals surface area contributed by atoms with Crippen molar-refractivity contribution in [3.05, 3.63) is 101 Å². The van der Waals surface area contributed by atoms with E-state index in [9.17, 15) is 13.7 Å². The van der Waals surface area contributed by atoms with Gasteiger partial charge in [0.05, 0.1) is 17.2 Å². The zero-order valence-electron chi connectivity index (χ0n) is 18.9. The Morgan fingerprint density at radius 2 is 1.83 bits per heavy atom. The van der Waals surface area contributed by atoms with Crippen LogP contribution in [0.2, 0.25) is 5.02 Å². The van der Waals surface area contributed by atoms with Crippen LogP contribution >= 0.6 is 11.6 Å². The predicted molar refractivity (Wildman–Crippen MR) is 137 cm³/mol. The minimum atomic E-state index is -4.06. The van der Waals surface area contributed by atoms with E-state index in [1.807, 2.05) is 67.6 Å². The maximum atomic E-state index is 13.2. The number of sulfone groups is 1. The van der Waals surface area contributed by atoms with E-state index in [1.165, 1.54) is 30.3 Å². The van der Waals surface area contributed by atoms with Gasteiger partial charge in [0, 0.05) is 22.3 Å². The molecule has 0 fully saturated rings. The zero-order chi connectivity index (χ0) is 24.8. The van der Waals surface area contributed by atoms with E-state index in [0.717, 1.165) is 17.7 Å². The number of allylic oxidation sites excluding steroid dienone is 1. The number of para-hydroxylation sites is 1. The molecule has 0 aliphatic heterocycles. The van der Waals surface area contributed by atoms with E-state index in [0.29, 0.717) is 28.6 Å². The Bertz CT molecular complexity index is 1500. The molecule has 0 spiro atoms. The second-order valence-corrected chi connectivity index (χ2v) is 10.0. The summed E-state index contributed by atoms with van der Waals surface area (Å²) in [7, 11) is -4.06. The SMILES string of the molecule is CCCOc1cccc(-c2nn(-c3ccccc3)cc2/C=C(/C#N)S(=O)(=O)c2ccc(Cl)cc2)c1. The first-order valence-electron chi connectivity index (χ1n) is 10.9. The standard InChI is InChI=1S/C27H22ClN3O3S/c1-2-15-34-24-10-6-7-20(16-24)27-21(19-31(30-27)23-8-4-3-5-9-23)17-26(18-29)35(32,33)25-13-11-22(28)12-14-25/h3-14,16-17,19H,2,15H2,1H3/b26-17-. The monoisotopic (exact) mass is 503 g/mol. The minimum Gasteiger partial charge on any atom is -0.494 e. The van der Waals surface area contributed by atoms with Gasteiger partial charge < -0.3 is 4.74 Å². The Morgan fingerprint density at radius 1 is 1.09 bits per heavy atom. The van der Waals surface area contributed by atoms with Gasteiger partial charge >= 0.3 is 0 Å². The van der Waals surface area contributed by atoms with Gasteiger partial charge in [0.25, 0.3) is 0 Å². The molecular formula is C27H22ClN3O3S. The number of benzene rings is 3. The molecule has 0 aliphatic rings. The molecule has 1 heterocycles. The third-order valence-electron chi connectivity index (χ3n) is 5.15. The Kier molecular flexibility index (Phi) is 7.35. The first kappa shape index (κ1) is 24.3. The van der Waals surface area contributed by atoms with Gasteiger partial charge in [0.15, 0.2) is 0 Å². The van der Waals surface area contributed by atoms with Crippen LogP contribution in [0.4, 0.5) is 0 Å². The molecule has 0 bridgehead atoms. The summed E-state index contributed by atoms with van der Waals surface area (Å²) in [5.74, 6) is 0.683. The van der Waals surface area contributed by atoms with Gasteiger partial charge in [-0.25, -0.2) is 13.1 Å². The van der Waals surface area contributed by atoms with Crippen LogP contribution in [0.1, 0.15) is 18.9 Å². The average molecular weight is 504 g/mol. The fraction of sp³-hybridized carbons (Fsp3) is 0.111. The fourth-order valence-corrected chi connectivity index (χ4v) is 4.71. The number of rotatable bonds is 8. The van der Waals surface area contributed by atoms with Crippen LogP contribution in [-0.2, 0) is 9.84 Å². The molecule has 0 radical (unpaired) electrons. The summed E-state index contributed by atoms with van der Waals surface area (Å²) in [6, 6.07) is 24.4. The lowest BCUT2D eigenvalue weighted by Crippen LogP contribution is -2.03. The van der Waals surface area contributed by atoms with Gasteiger partial charge in [-0.05, 0) is 61.0 Å². The fourth-order valence-electron chi connectivity index (χ4n) is 3.44. The maximum Gasteiger partial charge on any atom is 0.216 e. The summed E-state index contributed by atoms with van der Waals surface area (Å²) in [5, 5.41) is 14.9. The highest BCUT2D eigenvalue weighted by atomic mass is 35.5. The first-order chi connectivity index (χ1) is 16.9. The Morgan fingerprint density at radius 3 is 2.51 bits per heavy atom. The van der Waals surface area contributed by atoms with Crippen molar-refractivity contribution in [2.24, 2.45) is 0 Å². The summed E-state index contributed by atoms with van der Waals surface area (Å²) in [6.45, 7) is 2.60. The maximum absolute atomic E-state index is 13.2. The van der Waals surface area contributed by atoms with Crippen molar-refractivity contribution < 1.29 is 13.2 Å². The van der Waals surface area contributed by atoms with Crippen LogP contribution in [0.5, 0.6) is 5.75 Å². The van der Waals surface area contributed by atoms with Gasteiger partial charge in [-0.15, -0.1) is 0 Å². The van der Waals surface area contributed by atoms with Gasteiger partial charge in [-0.3, -0.25) is 0 Å². The molecule has 35 heavy (non-hydrogen) atoms. The van der Waals surface area contributed by atoms with Gasteiger partial charge in [0.2, 0.25) is 9.84 Å². The van der Waals surface area contributed by atoms with E-state index in [-0.39, 0.29) is 4.90 Å². The van der Waals surface area contributed by atoms with Crippen LogP contribution in [0.25, 0.3) is 23.0 Å². The summed E-state index contributed by atoms with van der Waals surface area (Å²) in [4.78, 5) is -0.409. The topological polar surface area (TPSA) is 85.0 Å². The van der Waals surface area contributed by atoms with E-state index in [2.05, 4.69) is 0 Å². The normalized spacial score (nSPS) is 11.7. The molecule has 8 heteroatoms. The molecule has 4 aromatic rings. The average Bonchev–Trinajstić information content (AvgIpc) is 3.31. The van der Waals surface area contributed by atoms with Gasteiger partial charge in [-0.1, -0.05) is 48.9 Å². The number of halogens is 1. The smallest absolute Gasteiger partial charge is 0.216 e. The lowest BCUT2D eigenvalue weighted by molar-refractivity contribution is 0.317. The first-order valence-corrected chi connectivity index (χ1v) is 12.8. The molecule has 3 aromatic carbocycles. The largest absolute Gasteiger partial charge is 0.494 e. The number of aromatic nitrogens is 2. The van der Waals surface area contributed by atoms with Gasteiger partial charge in [-0.2, -0.15) is 10.4 Å². The number of nitrogens with zero attached hydrogens (tertiary/aromatic N) is 3. The predicted octanol–water partition coefficient (Wildman–Crippen LogP) is 6.32. The molecule has 1 aromatic heterocycles. The van der Waals surface area contributed by atoms with E-state index in [4.69, 9.17) is 21.4 Å². The second kappa shape index (κ2) is 10.6. The van der Waals surface area contributed by atoms with Crippen molar-refractivity contribution in [3.8, 4) is 28.8 Å². The van der Waals surface area contributed by atoms with Crippen molar-refractivity contribution in [2.75, 3.05) is 6.61 Å². The number of nitriles is 1.